The largest absolute Gasteiger partial charge is 0.497 e. The van der Waals surface area contributed by atoms with Gasteiger partial charge in [-0.2, -0.15) is 0 Å². The van der Waals surface area contributed by atoms with E-state index in [0.29, 0.717) is 6.61 Å². The number of nitrogens with two attached hydrogens (primary N) is 1. The maximum Gasteiger partial charge on any atom is 0.119 e. The predicted octanol–water partition coefficient (Wildman–Crippen LogP) is 3.34. The van der Waals surface area contributed by atoms with Gasteiger partial charge in [0.15, 0.2) is 0 Å². The second kappa shape index (κ2) is 6.96. The molecule has 1 atom stereocenters. The molecule has 2 aromatic rings. The third kappa shape index (κ3) is 3.75. The molecule has 3 heteroatoms. The third-order valence-electron chi connectivity index (χ3n) is 3.19. The van der Waals surface area contributed by atoms with Gasteiger partial charge in [-0.1, -0.05) is 24.3 Å². The molecule has 3 nitrogen and oxygen atoms in total. The molecule has 2 aromatic carbocycles. The van der Waals surface area contributed by atoms with Gasteiger partial charge in [0.1, 0.15) is 11.5 Å². The van der Waals surface area contributed by atoms with Crippen molar-refractivity contribution >= 4 is 0 Å². The quantitative estimate of drug-likeness (QED) is 0.876. The zero-order valence-electron chi connectivity index (χ0n) is 12.0. The van der Waals surface area contributed by atoms with Crippen molar-refractivity contribution in [2.45, 2.75) is 19.4 Å². The number of rotatable bonds is 6. The summed E-state index contributed by atoms with van der Waals surface area (Å²) in [5, 5.41) is 0. The van der Waals surface area contributed by atoms with Crippen LogP contribution in [0.15, 0.2) is 48.5 Å². The van der Waals surface area contributed by atoms with E-state index in [1.54, 1.807) is 7.11 Å². The smallest absolute Gasteiger partial charge is 0.119 e. The Labute approximate surface area is 120 Å². The van der Waals surface area contributed by atoms with Crippen LogP contribution in [0, 0.1) is 0 Å². The van der Waals surface area contributed by atoms with Crippen LogP contribution < -0.4 is 15.2 Å². The Balaban J connectivity index is 2.10. The van der Waals surface area contributed by atoms with Gasteiger partial charge >= 0.3 is 0 Å². The Morgan fingerprint density at radius 2 is 1.80 bits per heavy atom. The second-order valence-electron chi connectivity index (χ2n) is 4.67. The highest BCUT2D eigenvalue weighted by Crippen LogP contribution is 2.22. The molecule has 0 bridgehead atoms. The molecule has 0 saturated carbocycles. The molecule has 2 rings (SSSR count). The Morgan fingerprint density at radius 3 is 2.55 bits per heavy atom. The van der Waals surface area contributed by atoms with E-state index in [1.807, 2.05) is 49.4 Å². The zero-order chi connectivity index (χ0) is 14.4. The fourth-order valence-electron chi connectivity index (χ4n) is 2.17. The van der Waals surface area contributed by atoms with Crippen molar-refractivity contribution in [2.24, 2.45) is 5.73 Å². The number of hydrogen-bond donors (Lipinski definition) is 1. The van der Waals surface area contributed by atoms with Crippen LogP contribution in [0.5, 0.6) is 11.5 Å². The van der Waals surface area contributed by atoms with Crippen molar-refractivity contribution < 1.29 is 9.47 Å². The topological polar surface area (TPSA) is 44.5 Å². The number of methoxy groups -OCH3 is 1. The van der Waals surface area contributed by atoms with Gasteiger partial charge in [0.05, 0.1) is 13.7 Å². The molecule has 0 aliphatic heterocycles. The summed E-state index contributed by atoms with van der Waals surface area (Å²) in [6, 6.07) is 15.9. The maximum atomic E-state index is 6.29. The molecular formula is C17H21NO2. The zero-order valence-corrected chi connectivity index (χ0v) is 12.0. The van der Waals surface area contributed by atoms with E-state index in [0.717, 1.165) is 23.5 Å². The number of hydrogen-bond acceptors (Lipinski definition) is 3. The average Bonchev–Trinajstić information content (AvgIpc) is 2.48. The summed E-state index contributed by atoms with van der Waals surface area (Å²) < 4.78 is 10.7. The summed E-state index contributed by atoms with van der Waals surface area (Å²) in [4.78, 5) is 0. The van der Waals surface area contributed by atoms with E-state index in [4.69, 9.17) is 15.2 Å². The van der Waals surface area contributed by atoms with Gasteiger partial charge in [0.2, 0.25) is 0 Å². The molecular weight excluding hydrogens is 250 g/mol. The van der Waals surface area contributed by atoms with Crippen LogP contribution in [-0.4, -0.2) is 13.7 Å². The highest BCUT2D eigenvalue weighted by molar-refractivity contribution is 5.33. The van der Waals surface area contributed by atoms with E-state index >= 15 is 0 Å². The molecule has 0 amide bonds. The van der Waals surface area contributed by atoms with E-state index in [1.165, 1.54) is 5.56 Å². The van der Waals surface area contributed by atoms with Crippen LogP contribution in [0.1, 0.15) is 24.1 Å². The van der Waals surface area contributed by atoms with Crippen LogP contribution in [0.4, 0.5) is 0 Å². The van der Waals surface area contributed by atoms with Gasteiger partial charge in [-0.15, -0.1) is 0 Å². The first-order valence-electron chi connectivity index (χ1n) is 6.84. The van der Waals surface area contributed by atoms with Gasteiger partial charge < -0.3 is 15.2 Å². The number of ether oxygens (including phenoxy) is 2. The molecule has 106 valence electrons. The maximum absolute atomic E-state index is 6.29. The summed E-state index contributed by atoms with van der Waals surface area (Å²) >= 11 is 0. The van der Waals surface area contributed by atoms with Crippen LogP contribution in [0.3, 0.4) is 0 Å². The van der Waals surface area contributed by atoms with Crippen LogP contribution in [0.25, 0.3) is 0 Å². The van der Waals surface area contributed by atoms with Crippen LogP contribution in [0.2, 0.25) is 0 Å². The summed E-state index contributed by atoms with van der Waals surface area (Å²) in [6.45, 7) is 2.64. The minimum atomic E-state index is -0.0532. The molecule has 1 unspecified atom stereocenters. The Bertz CT molecular complexity index is 554. The summed E-state index contributed by atoms with van der Waals surface area (Å²) in [5.74, 6) is 1.73. The average molecular weight is 271 g/mol. The lowest BCUT2D eigenvalue weighted by molar-refractivity contribution is 0.339. The van der Waals surface area contributed by atoms with Gasteiger partial charge in [0, 0.05) is 6.04 Å². The Kier molecular flexibility index (Phi) is 5.02. The Hall–Kier alpha value is -2.00. The fraction of sp³-hybridized carbons (Fsp3) is 0.294. The number of benzene rings is 2. The summed E-state index contributed by atoms with van der Waals surface area (Å²) in [7, 11) is 1.67. The SMILES string of the molecule is CCOc1cccc(C(N)Cc2cccc(OC)c2)c1. The fourth-order valence-corrected chi connectivity index (χ4v) is 2.17. The lowest BCUT2D eigenvalue weighted by Crippen LogP contribution is -2.13. The van der Waals surface area contributed by atoms with E-state index in [2.05, 4.69) is 6.07 Å². The lowest BCUT2D eigenvalue weighted by Gasteiger charge is -2.14. The molecule has 0 radical (unpaired) electrons. The first-order valence-corrected chi connectivity index (χ1v) is 6.84. The molecule has 0 heterocycles. The molecule has 0 aliphatic carbocycles. The summed E-state index contributed by atoms with van der Waals surface area (Å²) in [6.07, 6.45) is 0.771. The van der Waals surface area contributed by atoms with Crippen molar-refractivity contribution in [3.63, 3.8) is 0 Å². The van der Waals surface area contributed by atoms with Crippen LogP contribution in [-0.2, 0) is 6.42 Å². The van der Waals surface area contributed by atoms with E-state index < -0.39 is 0 Å². The minimum absolute atomic E-state index is 0.0532. The van der Waals surface area contributed by atoms with Crippen molar-refractivity contribution in [3.8, 4) is 11.5 Å². The standard InChI is InChI=1S/C17H21NO2/c1-3-20-16-9-5-7-14(12-16)17(18)11-13-6-4-8-15(10-13)19-2/h4-10,12,17H,3,11,18H2,1-2H3. The molecule has 0 saturated heterocycles. The lowest BCUT2D eigenvalue weighted by atomic mass is 9.99. The first-order chi connectivity index (χ1) is 9.72. The van der Waals surface area contributed by atoms with Crippen molar-refractivity contribution in [1.29, 1.82) is 0 Å². The van der Waals surface area contributed by atoms with Crippen molar-refractivity contribution in [2.75, 3.05) is 13.7 Å². The van der Waals surface area contributed by atoms with Gasteiger partial charge in [-0.3, -0.25) is 0 Å². The molecule has 0 fully saturated rings. The molecule has 0 aliphatic rings. The molecule has 0 spiro atoms. The minimum Gasteiger partial charge on any atom is -0.497 e. The Morgan fingerprint density at radius 1 is 1.05 bits per heavy atom. The summed E-state index contributed by atoms with van der Waals surface area (Å²) in [5.41, 5.74) is 8.53. The molecule has 2 N–H and O–H groups in total. The molecule has 20 heavy (non-hydrogen) atoms. The van der Waals surface area contributed by atoms with E-state index in [-0.39, 0.29) is 6.04 Å². The van der Waals surface area contributed by atoms with E-state index in [9.17, 15) is 0 Å². The van der Waals surface area contributed by atoms with Crippen molar-refractivity contribution in [3.05, 3.63) is 59.7 Å². The predicted molar refractivity (Wildman–Crippen MR) is 81.2 cm³/mol. The second-order valence-corrected chi connectivity index (χ2v) is 4.67. The van der Waals surface area contributed by atoms with Crippen LogP contribution >= 0.6 is 0 Å². The highest BCUT2D eigenvalue weighted by atomic mass is 16.5. The van der Waals surface area contributed by atoms with Gasteiger partial charge in [-0.25, -0.2) is 0 Å². The van der Waals surface area contributed by atoms with Gasteiger partial charge in [-0.05, 0) is 48.7 Å². The monoisotopic (exact) mass is 271 g/mol. The van der Waals surface area contributed by atoms with Crippen molar-refractivity contribution in [1.82, 2.24) is 0 Å². The highest BCUT2D eigenvalue weighted by Gasteiger charge is 2.08. The normalized spacial score (nSPS) is 11.9. The van der Waals surface area contributed by atoms with Gasteiger partial charge in [0.25, 0.3) is 0 Å². The first kappa shape index (κ1) is 14.4. The third-order valence-corrected chi connectivity index (χ3v) is 3.19. The molecule has 0 aromatic heterocycles.